The van der Waals surface area contributed by atoms with E-state index < -0.39 is 11.9 Å². The lowest BCUT2D eigenvalue weighted by Crippen LogP contribution is -2.27. The first-order valence-electron chi connectivity index (χ1n) is 7.70. The van der Waals surface area contributed by atoms with Crippen LogP contribution in [0.5, 0.6) is 0 Å². The Labute approximate surface area is 154 Å². The molecule has 0 atom stereocenters. The summed E-state index contributed by atoms with van der Waals surface area (Å²) in [5, 5.41) is 12.1. The van der Waals surface area contributed by atoms with Crippen molar-refractivity contribution in [2.45, 2.75) is 0 Å². The minimum absolute atomic E-state index is 0.258. The van der Waals surface area contributed by atoms with E-state index in [4.69, 9.17) is 16.0 Å². The second kappa shape index (κ2) is 7.72. The summed E-state index contributed by atoms with van der Waals surface area (Å²) < 4.78 is 5.64. The molecule has 0 fully saturated rings. The summed E-state index contributed by atoms with van der Waals surface area (Å²) in [4.78, 5) is 23.7. The summed E-state index contributed by atoms with van der Waals surface area (Å²) in [6.07, 6.45) is 1.26. The van der Waals surface area contributed by atoms with Crippen LogP contribution in [-0.4, -0.2) is 17.0 Å². The Balaban J connectivity index is 1.83. The molecule has 0 saturated heterocycles. The van der Waals surface area contributed by atoms with E-state index in [1.807, 2.05) is 30.3 Å². The number of carbonyl (C=O) groups is 2. The summed E-state index contributed by atoms with van der Waals surface area (Å²) in [5.41, 5.74) is 0.824. The van der Waals surface area contributed by atoms with E-state index in [1.54, 1.807) is 30.3 Å². The molecular formula is C20H14ClNO4. The predicted molar refractivity (Wildman–Crippen MR) is 98.7 cm³/mol. The highest BCUT2D eigenvalue weighted by Gasteiger charge is 2.15. The van der Waals surface area contributed by atoms with E-state index in [-0.39, 0.29) is 11.3 Å². The fraction of sp³-hybridized carbons (Fsp3) is 0. The van der Waals surface area contributed by atoms with Gasteiger partial charge in [-0.05, 0) is 30.3 Å². The molecule has 3 aromatic rings. The second-order valence-corrected chi connectivity index (χ2v) is 5.83. The van der Waals surface area contributed by atoms with Crippen LogP contribution >= 0.6 is 11.6 Å². The molecule has 1 heterocycles. The third-order valence-electron chi connectivity index (χ3n) is 3.54. The molecular weight excluding hydrogens is 354 g/mol. The molecule has 5 nitrogen and oxygen atoms in total. The molecule has 6 heteroatoms. The minimum atomic E-state index is -1.28. The van der Waals surface area contributed by atoms with Crippen molar-refractivity contribution in [3.8, 4) is 11.3 Å². The molecule has 0 spiro atoms. The lowest BCUT2D eigenvalue weighted by molar-refractivity contribution is -0.132. The summed E-state index contributed by atoms with van der Waals surface area (Å²) >= 11 is 5.85. The Bertz CT molecular complexity index is 976. The normalized spacial score (nSPS) is 11.2. The molecule has 0 saturated carbocycles. The zero-order valence-electron chi connectivity index (χ0n) is 13.5. The molecule has 2 N–H and O–H groups in total. The first-order chi connectivity index (χ1) is 12.5. The summed E-state index contributed by atoms with van der Waals surface area (Å²) in [6.45, 7) is 0. The Morgan fingerprint density at radius 2 is 1.77 bits per heavy atom. The van der Waals surface area contributed by atoms with Crippen molar-refractivity contribution in [3.63, 3.8) is 0 Å². The summed E-state index contributed by atoms with van der Waals surface area (Å²) in [7, 11) is 0. The van der Waals surface area contributed by atoms with Gasteiger partial charge in [-0.25, -0.2) is 4.79 Å². The van der Waals surface area contributed by atoms with E-state index in [1.165, 1.54) is 12.1 Å². The van der Waals surface area contributed by atoms with E-state index in [2.05, 4.69) is 5.32 Å². The lowest BCUT2D eigenvalue weighted by Gasteiger charge is -2.06. The highest BCUT2D eigenvalue weighted by atomic mass is 35.5. The van der Waals surface area contributed by atoms with Gasteiger partial charge in [0.1, 0.15) is 17.2 Å². The Morgan fingerprint density at radius 1 is 1.00 bits per heavy atom. The maximum Gasteiger partial charge on any atom is 0.352 e. The molecule has 0 aliphatic rings. The number of rotatable bonds is 5. The first-order valence-corrected chi connectivity index (χ1v) is 8.08. The number of benzene rings is 2. The van der Waals surface area contributed by atoms with Gasteiger partial charge in [-0.1, -0.05) is 48.0 Å². The quantitative estimate of drug-likeness (QED) is 0.653. The molecule has 1 aromatic heterocycles. The van der Waals surface area contributed by atoms with Gasteiger partial charge in [0.05, 0.1) is 0 Å². The summed E-state index contributed by atoms with van der Waals surface area (Å²) in [6, 6.07) is 19.0. The molecule has 2 aromatic carbocycles. The van der Waals surface area contributed by atoms with Gasteiger partial charge >= 0.3 is 5.97 Å². The van der Waals surface area contributed by atoms with Gasteiger partial charge in [0.2, 0.25) is 0 Å². The lowest BCUT2D eigenvalue weighted by atomic mass is 10.2. The number of aliphatic carboxylic acids is 1. The molecule has 0 aliphatic carbocycles. The number of carbonyl (C=O) groups excluding carboxylic acids is 1. The van der Waals surface area contributed by atoms with Crippen molar-refractivity contribution in [1.82, 2.24) is 5.32 Å². The van der Waals surface area contributed by atoms with Crippen molar-refractivity contribution >= 4 is 29.6 Å². The molecule has 0 radical (unpaired) electrons. The number of hydrogen-bond acceptors (Lipinski definition) is 3. The van der Waals surface area contributed by atoms with E-state index in [0.717, 1.165) is 5.56 Å². The van der Waals surface area contributed by atoms with Crippen LogP contribution in [0.4, 0.5) is 0 Å². The molecule has 0 bridgehead atoms. The first kappa shape index (κ1) is 17.5. The maximum atomic E-state index is 12.2. The van der Waals surface area contributed by atoms with Crippen LogP contribution in [0.25, 0.3) is 17.4 Å². The largest absolute Gasteiger partial charge is 0.477 e. The zero-order valence-corrected chi connectivity index (χ0v) is 14.2. The average molecular weight is 368 g/mol. The Kier molecular flexibility index (Phi) is 5.20. The average Bonchev–Trinajstić information content (AvgIpc) is 3.10. The van der Waals surface area contributed by atoms with Gasteiger partial charge < -0.3 is 14.8 Å². The van der Waals surface area contributed by atoms with Crippen LogP contribution < -0.4 is 5.32 Å². The standard InChI is InChI=1S/C20H14ClNO4/c21-15-8-4-7-14(11-15)19(23)22-17(20(24)25)12-16-9-10-18(26-16)13-5-2-1-3-6-13/h1-12H,(H,22,23)(H,24,25)/b17-12-. The molecule has 0 unspecified atom stereocenters. The number of carboxylic acids is 1. The van der Waals surface area contributed by atoms with Crippen LogP contribution in [0.3, 0.4) is 0 Å². The molecule has 130 valence electrons. The minimum Gasteiger partial charge on any atom is -0.477 e. The Hall–Kier alpha value is -3.31. The van der Waals surface area contributed by atoms with Crippen LogP contribution in [0.15, 0.2) is 76.8 Å². The number of nitrogens with one attached hydrogen (secondary N) is 1. The van der Waals surface area contributed by atoms with Gasteiger partial charge in [-0.2, -0.15) is 0 Å². The fourth-order valence-corrected chi connectivity index (χ4v) is 2.50. The number of furan rings is 1. The number of halogens is 1. The van der Waals surface area contributed by atoms with E-state index in [0.29, 0.717) is 16.5 Å². The fourth-order valence-electron chi connectivity index (χ4n) is 2.31. The Morgan fingerprint density at radius 3 is 2.46 bits per heavy atom. The van der Waals surface area contributed by atoms with Gasteiger partial charge in [0.15, 0.2) is 0 Å². The maximum absolute atomic E-state index is 12.2. The van der Waals surface area contributed by atoms with Crippen molar-refractivity contribution in [3.05, 3.63) is 88.8 Å². The van der Waals surface area contributed by atoms with E-state index in [9.17, 15) is 14.7 Å². The highest BCUT2D eigenvalue weighted by Crippen LogP contribution is 2.23. The van der Waals surface area contributed by atoms with Crippen molar-refractivity contribution in [2.24, 2.45) is 0 Å². The van der Waals surface area contributed by atoms with Crippen LogP contribution in [0.1, 0.15) is 16.1 Å². The molecule has 26 heavy (non-hydrogen) atoms. The number of carboxylic acid groups (broad SMARTS) is 1. The topological polar surface area (TPSA) is 79.5 Å². The van der Waals surface area contributed by atoms with Crippen molar-refractivity contribution in [1.29, 1.82) is 0 Å². The third-order valence-corrected chi connectivity index (χ3v) is 3.77. The molecule has 0 aliphatic heterocycles. The van der Waals surface area contributed by atoms with Crippen molar-refractivity contribution < 1.29 is 19.1 Å². The van der Waals surface area contributed by atoms with Gasteiger partial charge in [-0.15, -0.1) is 0 Å². The number of amides is 1. The monoisotopic (exact) mass is 367 g/mol. The molecule has 3 rings (SSSR count). The highest BCUT2D eigenvalue weighted by molar-refractivity contribution is 6.31. The third kappa shape index (κ3) is 4.20. The zero-order chi connectivity index (χ0) is 18.5. The van der Waals surface area contributed by atoms with Crippen molar-refractivity contribution in [2.75, 3.05) is 0 Å². The number of hydrogen-bond donors (Lipinski definition) is 2. The van der Waals surface area contributed by atoms with E-state index >= 15 is 0 Å². The second-order valence-electron chi connectivity index (χ2n) is 5.40. The summed E-state index contributed by atoms with van der Waals surface area (Å²) in [5.74, 6) is -0.940. The van der Waals surface area contributed by atoms with Gasteiger partial charge in [-0.3, -0.25) is 4.79 Å². The smallest absolute Gasteiger partial charge is 0.352 e. The SMILES string of the molecule is O=C(O)/C(=C/c1ccc(-c2ccccc2)o1)NC(=O)c1cccc(Cl)c1. The van der Waals surface area contributed by atoms with Gasteiger partial charge in [0, 0.05) is 22.2 Å². The molecule has 1 amide bonds. The van der Waals surface area contributed by atoms with Crippen LogP contribution in [0, 0.1) is 0 Å². The van der Waals surface area contributed by atoms with Gasteiger partial charge in [0.25, 0.3) is 5.91 Å². The van der Waals surface area contributed by atoms with Crippen LogP contribution in [0.2, 0.25) is 5.02 Å². The predicted octanol–water partition coefficient (Wildman–Crippen LogP) is 4.46. The van der Waals surface area contributed by atoms with Crippen LogP contribution in [-0.2, 0) is 4.79 Å².